The van der Waals surface area contributed by atoms with Crippen molar-refractivity contribution in [3.63, 3.8) is 0 Å². The van der Waals surface area contributed by atoms with Gasteiger partial charge in [0.2, 0.25) is 0 Å². The molecule has 1 N–H and O–H groups in total. The van der Waals surface area contributed by atoms with Crippen LogP contribution in [0.3, 0.4) is 0 Å². The first-order chi connectivity index (χ1) is 10.8. The molecule has 0 saturated carbocycles. The van der Waals surface area contributed by atoms with Crippen LogP contribution in [0, 0.1) is 0 Å². The Morgan fingerprint density at radius 2 is 1.23 bits per heavy atom. The Balaban J connectivity index is 3.12. The number of rotatable bonds is 17. The van der Waals surface area contributed by atoms with Gasteiger partial charge < -0.3 is 5.32 Å². The molecule has 0 fully saturated rings. The second kappa shape index (κ2) is 18.7. The highest BCUT2D eigenvalue weighted by Gasteiger charge is 1.99. The lowest BCUT2D eigenvalue weighted by Crippen LogP contribution is -2.26. The van der Waals surface area contributed by atoms with Gasteiger partial charge in [-0.15, -0.1) is 0 Å². The third-order valence-electron chi connectivity index (χ3n) is 4.39. The van der Waals surface area contributed by atoms with Crippen molar-refractivity contribution in [2.45, 2.75) is 117 Å². The fourth-order valence-corrected chi connectivity index (χ4v) is 2.84. The quantitative estimate of drug-likeness (QED) is 0.225. The molecule has 0 bridgehead atoms. The van der Waals surface area contributed by atoms with E-state index in [9.17, 15) is 0 Å². The zero-order valence-electron chi connectivity index (χ0n) is 15.8. The van der Waals surface area contributed by atoms with Crippen LogP contribution in [0.5, 0.6) is 0 Å². The second-order valence-electron chi connectivity index (χ2n) is 6.87. The van der Waals surface area contributed by atoms with Crippen molar-refractivity contribution in [2.24, 2.45) is 0 Å². The lowest BCUT2D eigenvalue weighted by Gasteiger charge is -2.12. The van der Waals surface area contributed by atoms with Crippen molar-refractivity contribution in [3.8, 4) is 0 Å². The van der Waals surface area contributed by atoms with Crippen LogP contribution in [0.25, 0.3) is 0 Å². The van der Waals surface area contributed by atoms with Crippen LogP contribution < -0.4 is 5.32 Å². The molecule has 22 heavy (non-hydrogen) atoms. The van der Waals surface area contributed by atoms with Gasteiger partial charge in [0.25, 0.3) is 0 Å². The van der Waals surface area contributed by atoms with Crippen LogP contribution in [0.2, 0.25) is 0 Å². The molecule has 1 unspecified atom stereocenters. The fraction of sp³-hybridized carbons (Fsp3) is 0.905. The largest absolute Gasteiger partial charge is 0.314 e. The normalized spacial score (nSPS) is 13.0. The van der Waals surface area contributed by atoms with Crippen LogP contribution in [0.15, 0.2) is 12.2 Å². The lowest BCUT2D eigenvalue weighted by molar-refractivity contribution is 0.478. The highest BCUT2D eigenvalue weighted by Crippen LogP contribution is 2.10. The summed E-state index contributed by atoms with van der Waals surface area (Å²) < 4.78 is 0. The Morgan fingerprint density at radius 1 is 0.682 bits per heavy atom. The minimum atomic E-state index is 0.711. The Bertz CT molecular complexity index is 222. The van der Waals surface area contributed by atoms with E-state index >= 15 is 0 Å². The molecule has 132 valence electrons. The predicted molar refractivity (Wildman–Crippen MR) is 103 cm³/mol. The maximum absolute atomic E-state index is 3.57. The third-order valence-corrected chi connectivity index (χ3v) is 4.39. The van der Waals surface area contributed by atoms with Gasteiger partial charge in [0.05, 0.1) is 0 Å². The first kappa shape index (κ1) is 21.7. The van der Waals surface area contributed by atoms with E-state index in [0.29, 0.717) is 6.04 Å². The minimum Gasteiger partial charge on any atom is -0.314 e. The number of hydrogen-bond acceptors (Lipinski definition) is 1. The van der Waals surface area contributed by atoms with E-state index in [1.54, 1.807) is 0 Å². The summed E-state index contributed by atoms with van der Waals surface area (Å²) in [6, 6.07) is 0.711. The first-order valence-corrected chi connectivity index (χ1v) is 10.2. The summed E-state index contributed by atoms with van der Waals surface area (Å²) in [6.45, 7) is 8.01. The lowest BCUT2D eigenvalue weighted by atomic mass is 10.1. The van der Waals surface area contributed by atoms with Gasteiger partial charge in [0.15, 0.2) is 0 Å². The summed E-state index contributed by atoms with van der Waals surface area (Å²) in [4.78, 5) is 0. The molecule has 0 heterocycles. The molecule has 0 aliphatic carbocycles. The van der Waals surface area contributed by atoms with E-state index in [2.05, 4.69) is 38.2 Å². The van der Waals surface area contributed by atoms with Crippen molar-refractivity contribution in [1.82, 2.24) is 5.32 Å². The van der Waals surface area contributed by atoms with Gasteiger partial charge >= 0.3 is 0 Å². The molecule has 0 aliphatic heterocycles. The average molecular weight is 310 g/mol. The summed E-state index contributed by atoms with van der Waals surface area (Å²) in [5.74, 6) is 0. The molecule has 0 saturated heterocycles. The molecule has 0 aromatic rings. The highest BCUT2D eigenvalue weighted by atomic mass is 14.9. The van der Waals surface area contributed by atoms with Gasteiger partial charge in [-0.25, -0.2) is 0 Å². The molecule has 0 rings (SSSR count). The van der Waals surface area contributed by atoms with Crippen molar-refractivity contribution in [3.05, 3.63) is 12.2 Å². The van der Waals surface area contributed by atoms with E-state index < -0.39 is 0 Å². The van der Waals surface area contributed by atoms with Crippen molar-refractivity contribution in [1.29, 1.82) is 0 Å². The number of allylic oxidation sites excluding steroid dienone is 2. The fourth-order valence-electron chi connectivity index (χ4n) is 2.84. The van der Waals surface area contributed by atoms with Crippen LogP contribution in [-0.2, 0) is 0 Å². The van der Waals surface area contributed by atoms with E-state index in [-0.39, 0.29) is 0 Å². The van der Waals surface area contributed by atoms with Gasteiger partial charge in [-0.05, 0) is 52.0 Å². The maximum Gasteiger partial charge on any atom is 0.00387 e. The summed E-state index contributed by atoms with van der Waals surface area (Å²) in [7, 11) is 0. The van der Waals surface area contributed by atoms with Gasteiger partial charge in [-0.1, -0.05) is 77.4 Å². The van der Waals surface area contributed by atoms with E-state index in [1.807, 2.05) is 0 Å². The van der Waals surface area contributed by atoms with Crippen LogP contribution in [0.1, 0.15) is 111 Å². The van der Waals surface area contributed by atoms with E-state index in [1.165, 1.54) is 96.4 Å². The zero-order valence-corrected chi connectivity index (χ0v) is 15.8. The summed E-state index contributed by atoms with van der Waals surface area (Å²) in [5.41, 5.74) is 0. The molecule has 0 aliphatic rings. The molecule has 0 aromatic heterocycles. The predicted octanol–water partition coefficient (Wildman–Crippen LogP) is 7.02. The topological polar surface area (TPSA) is 12.0 Å². The summed E-state index contributed by atoms with van der Waals surface area (Å²) >= 11 is 0. The molecular formula is C21H43N. The van der Waals surface area contributed by atoms with Gasteiger partial charge in [0.1, 0.15) is 0 Å². The molecule has 0 radical (unpaired) electrons. The van der Waals surface area contributed by atoms with Crippen molar-refractivity contribution in [2.75, 3.05) is 6.54 Å². The summed E-state index contributed by atoms with van der Waals surface area (Å²) in [6.07, 6.45) is 24.0. The SMILES string of the molecule is CCCCCC/C=C/CCCCCCCCC(C)NCCC. The summed E-state index contributed by atoms with van der Waals surface area (Å²) in [5, 5.41) is 3.57. The zero-order chi connectivity index (χ0) is 16.3. The molecule has 0 spiro atoms. The highest BCUT2D eigenvalue weighted by molar-refractivity contribution is 4.81. The van der Waals surface area contributed by atoms with Gasteiger partial charge in [0, 0.05) is 6.04 Å². The maximum atomic E-state index is 3.57. The Hall–Kier alpha value is -0.300. The molecule has 1 nitrogen and oxygen atoms in total. The van der Waals surface area contributed by atoms with E-state index in [4.69, 9.17) is 0 Å². The third kappa shape index (κ3) is 17.8. The molecule has 0 aromatic carbocycles. The smallest absolute Gasteiger partial charge is 0.00387 e. The first-order valence-electron chi connectivity index (χ1n) is 10.2. The number of hydrogen-bond donors (Lipinski definition) is 1. The van der Waals surface area contributed by atoms with E-state index in [0.717, 1.165) is 0 Å². The molecule has 0 amide bonds. The average Bonchev–Trinajstić information content (AvgIpc) is 2.53. The standard InChI is InChI=1S/C21H43N/c1-4-6-7-8-9-10-11-12-13-14-15-16-17-18-19-21(3)22-20-5-2/h10-11,21-22H,4-9,12-20H2,1-3H3/b11-10+. The Labute approximate surface area is 141 Å². The van der Waals surface area contributed by atoms with Crippen molar-refractivity contribution >= 4 is 0 Å². The van der Waals surface area contributed by atoms with Crippen LogP contribution >= 0.6 is 0 Å². The van der Waals surface area contributed by atoms with Crippen molar-refractivity contribution < 1.29 is 0 Å². The Kier molecular flexibility index (Phi) is 18.5. The van der Waals surface area contributed by atoms with Gasteiger partial charge in [-0.2, -0.15) is 0 Å². The number of nitrogens with one attached hydrogen (secondary N) is 1. The molecule has 1 atom stereocenters. The molecule has 1 heteroatoms. The van der Waals surface area contributed by atoms with Gasteiger partial charge in [-0.3, -0.25) is 0 Å². The van der Waals surface area contributed by atoms with Crippen LogP contribution in [0.4, 0.5) is 0 Å². The second-order valence-corrected chi connectivity index (χ2v) is 6.87. The molecular weight excluding hydrogens is 266 g/mol. The monoisotopic (exact) mass is 309 g/mol. The van der Waals surface area contributed by atoms with Crippen LogP contribution in [-0.4, -0.2) is 12.6 Å². The Morgan fingerprint density at radius 3 is 1.82 bits per heavy atom. The number of unbranched alkanes of at least 4 members (excludes halogenated alkanes) is 10. The minimum absolute atomic E-state index is 0.711.